The maximum Gasteiger partial charge on any atom is 0.247 e. The lowest BCUT2D eigenvalue weighted by Gasteiger charge is -2.06. The van der Waals surface area contributed by atoms with Gasteiger partial charge in [0.15, 0.2) is 0 Å². The Morgan fingerprint density at radius 2 is 2.05 bits per heavy atom. The highest BCUT2D eigenvalue weighted by Crippen LogP contribution is 2.22. The van der Waals surface area contributed by atoms with Gasteiger partial charge in [0.25, 0.3) is 0 Å². The van der Waals surface area contributed by atoms with E-state index >= 15 is 0 Å². The molecule has 6 heteroatoms. The average molecular weight is 282 g/mol. The normalized spacial score (nSPS) is 12.6. The van der Waals surface area contributed by atoms with Crippen molar-refractivity contribution in [3.05, 3.63) is 36.0 Å². The topological polar surface area (TPSA) is 59.2 Å². The van der Waals surface area contributed by atoms with Gasteiger partial charge in [0.1, 0.15) is 5.82 Å². The van der Waals surface area contributed by atoms with Crippen LogP contribution in [-0.4, -0.2) is 27.2 Å². The molecule has 0 spiro atoms. The lowest BCUT2D eigenvalue weighted by atomic mass is 10.2. The Balaban J connectivity index is 1.97. The van der Waals surface area contributed by atoms with Crippen molar-refractivity contribution in [2.75, 3.05) is 6.61 Å². The molecule has 1 aromatic carbocycles. The number of thioether (sulfide) groups is 1. The van der Waals surface area contributed by atoms with Crippen molar-refractivity contribution in [1.82, 2.24) is 10.2 Å². The number of hydrogen-bond acceptors (Lipinski definition) is 5. The first-order valence-corrected chi connectivity index (χ1v) is 7.04. The van der Waals surface area contributed by atoms with Crippen LogP contribution in [0.3, 0.4) is 0 Å². The van der Waals surface area contributed by atoms with Crippen LogP contribution in [0.2, 0.25) is 0 Å². The van der Waals surface area contributed by atoms with Gasteiger partial charge in [-0.3, -0.25) is 0 Å². The largest absolute Gasteiger partial charge is 0.420 e. The number of aromatic nitrogens is 2. The Kier molecular flexibility index (Phi) is 4.93. The highest BCUT2D eigenvalue weighted by Gasteiger charge is 2.10. The van der Waals surface area contributed by atoms with E-state index in [2.05, 4.69) is 10.2 Å². The van der Waals surface area contributed by atoms with Gasteiger partial charge in [-0.25, -0.2) is 4.39 Å². The lowest BCUT2D eigenvalue weighted by molar-refractivity contribution is 0.289. The predicted molar refractivity (Wildman–Crippen MR) is 72.2 cm³/mol. The van der Waals surface area contributed by atoms with Gasteiger partial charge in [0.05, 0.1) is 5.75 Å². The molecule has 0 aliphatic carbocycles. The first-order valence-electron chi connectivity index (χ1n) is 6.00. The Bertz CT molecular complexity index is 516. The monoisotopic (exact) mass is 282 g/mol. The van der Waals surface area contributed by atoms with Gasteiger partial charge >= 0.3 is 0 Å². The van der Waals surface area contributed by atoms with E-state index in [1.54, 1.807) is 23.9 Å². The van der Waals surface area contributed by atoms with Gasteiger partial charge in [-0.2, -0.15) is 0 Å². The molecular weight excluding hydrogens is 267 g/mol. The van der Waals surface area contributed by atoms with Crippen molar-refractivity contribution < 1.29 is 13.9 Å². The molecule has 0 bridgehead atoms. The van der Waals surface area contributed by atoms with Gasteiger partial charge in [-0.05, 0) is 30.7 Å². The summed E-state index contributed by atoms with van der Waals surface area (Å²) in [7, 11) is 0. The molecule has 0 saturated carbocycles. The van der Waals surface area contributed by atoms with Crippen molar-refractivity contribution >= 4 is 11.8 Å². The summed E-state index contributed by atoms with van der Waals surface area (Å²) in [6.07, 6.45) is 0.740. The second-order valence-corrected chi connectivity index (χ2v) is 5.57. The van der Waals surface area contributed by atoms with E-state index in [1.165, 1.54) is 12.1 Å². The van der Waals surface area contributed by atoms with E-state index in [9.17, 15) is 4.39 Å². The molecule has 1 unspecified atom stereocenters. The van der Waals surface area contributed by atoms with Gasteiger partial charge in [-0.1, -0.05) is 6.92 Å². The Morgan fingerprint density at radius 3 is 2.74 bits per heavy atom. The van der Waals surface area contributed by atoms with Gasteiger partial charge < -0.3 is 9.52 Å². The maximum atomic E-state index is 12.8. The Morgan fingerprint density at radius 1 is 1.32 bits per heavy atom. The lowest BCUT2D eigenvalue weighted by Crippen LogP contribution is -1.99. The SMILES string of the molecule is CC(CCO)SCc1nnc(-c2ccc(F)cc2)o1. The summed E-state index contributed by atoms with van der Waals surface area (Å²) in [6, 6.07) is 5.93. The van der Waals surface area contributed by atoms with Crippen LogP contribution in [0.1, 0.15) is 19.2 Å². The fourth-order valence-electron chi connectivity index (χ4n) is 1.50. The van der Waals surface area contributed by atoms with E-state index in [1.807, 2.05) is 6.92 Å². The minimum absolute atomic E-state index is 0.179. The van der Waals surface area contributed by atoms with Crippen LogP contribution in [-0.2, 0) is 5.75 Å². The van der Waals surface area contributed by atoms with E-state index in [0.717, 1.165) is 6.42 Å². The van der Waals surface area contributed by atoms with Crippen LogP contribution in [0, 0.1) is 5.82 Å². The summed E-state index contributed by atoms with van der Waals surface area (Å²) in [5, 5.41) is 17.0. The molecule has 0 radical (unpaired) electrons. The van der Waals surface area contributed by atoms with Crippen molar-refractivity contribution in [3.8, 4) is 11.5 Å². The van der Waals surface area contributed by atoms with E-state index in [0.29, 0.717) is 28.3 Å². The number of halogens is 1. The summed E-state index contributed by atoms with van der Waals surface area (Å²) in [6.45, 7) is 2.22. The second kappa shape index (κ2) is 6.68. The number of nitrogens with zero attached hydrogens (tertiary/aromatic N) is 2. The third-order valence-corrected chi connectivity index (χ3v) is 3.80. The molecule has 0 aliphatic heterocycles. The molecule has 102 valence electrons. The molecule has 1 N–H and O–H groups in total. The zero-order chi connectivity index (χ0) is 13.7. The van der Waals surface area contributed by atoms with Gasteiger partial charge in [0.2, 0.25) is 11.8 Å². The molecule has 0 saturated heterocycles. The number of aliphatic hydroxyl groups is 1. The Hall–Kier alpha value is -1.40. The van der Waals surface area contributed by atoms with Crippen LogP contribution < -0.4 is 0 Å². The summed E-state index contributed by atoms with van der Waals surface area (Å²) in [5.74, 6) is 1.24. The molecule has 1 heterocycles. The number of hydrogen-bond donors (Lipinski definition) is 1. The number of benzene rings is 1. The van der Waals surface area contributed by atoms with Crippen molar-refractivity contribution in [1.29, 1.82) is 0 Å². The van der Waals surface area contributed by atoms with Crippen LogP contribution in [0.25, 0.3) is 11.5 Å². The highest BCUT2D eigenvalue weighted by molar-refractivity contribution is 7.99. The second-order valence-electron chi connectivity index (χ2n) is 4.14. The molecule has 2 rings (SSSR count). The highest BCUT2D eigenvalue weighted by atomic mass is 32.2. The predicted octanol–water partition coefficient (Wildman–Crippen LogP) is 2.88. The minimum Gasteiger partial charge on any atom is -0.420 e. The van der Waals surface area contributed by atoms with Crippen molar-refractivity contribution in [3.63, 3.8) is 0 Å². The van der Waals surface area contributed by atoms with Crippen molar-refractivity contribution in [2.45, 2.75) is 24.3 Å². The molecule has 0 fully saturated rings. The molecule has 19 heavy (non-hydrogen) atoms. The van der Waals surface area contributed by atoms with Crippen molar-refractivity contribution in [2.24, 2.45) is 0 Å². The van der Waals surface area contributed by atoms with Crippen LogP contribution in [0.5, 0.6) is 0 Å². The smallest absolute Gasteiger partial charge is 0.247 e. The van der Waals surface area contributed by atoms with Gasteiger partial charge in [0, 0.05) is 17.4 Å². The first kappa shape index (κ1) is 14.0. The summed E-state index contributed by atoms with van der Waals surface area (Å²) in [5.41, 5.74) is 0.702. The molecule has 2 aromatic rings. The molecule has 0 amide bonds. The van der Waals surface area contributed by atoms with Crippen LogP contribution in [0.15, 0.2) is 28.7 Å². The molecule has 4 nitrogen and oxygen atoms in total. The summed E-state index contributed by atoms with van der Waals surface area (Å²) >= 11 is 1.65. The van der Waals surface area contributed by atoms with E-state index in [4.69, 9.17) is 9.52 Å². The minimum atomic E-state index is -0.295. The van der Waals surface area contributed by atoms with Crippen LogP contribution >= 0.6 is 11.8 Å². The van der Waals surface area contributed by atoms with E-state index in [-0.39, 0.29) is 12.4 Å². The fraction of sp³-hybridized carbons (Fsp3) is 0.385. The number of aliphatic hydroxyl groups excluding tert-OH is 1. The van der Waals surface area contributed by atoms with E-state index < -0.39 is 0 Å². The standard InChI is InChI=1S/C13H15FN2O2S/c1-9(6-7-17)19-8-12-15-16-13(18-12)10-2-4-11(14)5-3-10/h2-5,9,17H,6-8H2,1H3. The Labute approximate surface area is 115 Å². The zero-order valence-corrected chi connectivity index (χ0v) is 11.4. The molecule has 1 atom stereocenters. The fourth-order valence-corrected chi connectivity index (χ4v) is 2.32. The van der Waals surface area contributed by atoms with Gasteiger partial charge in [-0.15, -0.1) is 22.0 Å². The third kappa shape index (κ3) is 4.04. The third-order valence-electron chi connectivity index (χ3n) is 2.58. The first-order chi connectivity index (χ1) is 9.19. The zero-order valence-electron chi connectivity index (χ0n) is 10.5. The quantitative estimate of drug-likeness (QED) is 0.882. The molecular formula is C13H15FN2O2S. The average Bonchev–Trinajstić information content (AvgIpc) is 2.86. The summed E-state index contributed by atoms with van der Waals surface area (Å²) in [4.78, 5) is 0. The molecule has 1 aromatic heterocycles. The van der Waals surface area contributed by atoms with Crippen LogP contribution in [0.4, 0.5) is 4.39 Å². The number of rotatable bonds is 6. The summed E-state index contributed by atoms with van der Waals surface area (Å²) < 4.78 is 18.3. The molecule has 0 aliphatic rings. The maximum absolute atomic E-state index is 12.8.